The molecule has 0 saturated carbocycles. The highest BCUT2D eigenvalue weighted by atomic mass is 35.5. The van der Waals surface area contributed by atoms with Crippen molar-refractivity contribution in [2.45, 2.75) is 9.79 Å². The predicted octanol–water partition coefficient (Wildman–Crippen LogP) is 0.287. The molecule has 1 heterocycles. The first-order valence-electron chi connectivity index (χ1n) is 5.15. The number of rotatable bonds is 2. The maximum absolute atomic E-state index is 10.6. The number of anilines is 1. The van der Waals surface area contributed by atoms with Crippen LogP contribution >= 0.6 is 11.6 Å². The second-order valence-electron chi connectivity index (χ2n) is 3.54. The molecule has 0 spiro atoms. The molecule has 10 nitrogen and oxygen atoms in total. The number of halogens is 1. The number of hydrogen-bond donors (Lipinski definition) is 3. The highest BCUT2D eigenvalue weighted by Crippen LogP contribution is 2.14. The molecule has 0 aliphatic rings. The minimum absolute atomic E-state index is 0.123. The summed E-state index contributed by atoms with van der Waals surface area (Å²) in [6.07, 6.45) is 1.25. The van der Waals surface area contributed by atoms with Gasteiger partial charge in [-0.1, -0.05) is 6.07 Å². The van der Waals surface area contributed by atoms with E-state index in [4.69, 9.17) is 26.4 Å². The molecule has 4 N–H and O–H groups in total. The molecule has 2 rings (SSSR count). The fourth-order valence-electron chi connectivity index (χ4n) is 1.08. The lowest BCUT2D eigenvalue weighted by atomic mass is 10.4. The monoisotopic (exact) mass is 368 g/mol. The molecule has 0 aliphatic heterocycles. The first kappa shape index (κ1) is 18.2. The van der Waals surface area contributed by atoms with Gasteiger partial charge in [0.05, 0.1) is 9.79 Å². The van der Waals surface area contributed by atoms with E-state index < -0.39 is 30.0 Å². The van der Waals surface area contributed by atoms with Gasteiger partial charge in [-0.15, -0.1) is 0 Å². The van der Waals surface area contributed by atoms with Gasteiger partial charge in [0.2, 0.25) is 11.2 Å². The second-order valence-corrected chi connectivity index (χ2v) is 6.72. The molecule has 0 atom stereocenters. The van der Waals surface area contributed by atoms with Crippen LogP contribution in [-0.2, 0) is 20.2 Å². The van der Waals surface area contributed by atoms with E-state index in [1.807, 2.05) is 0 Å². The molecule has 120 valence electrons. The minimum atomic E-state index is -4.46. The van der Waals surface area contributed by atoms with E-state index in [-0.39, 0.29) is 11.2 Å². The zero-order valence-corrected chi connectivity index (χ0v) is 12.9. The van der Waals surface area contributed by atoms with Crippen LogP contribution in [0.5, 0.6) is 0 Å². The number of aromatic nitrogens is 3. The van der Waals surface area contributed by atoms with Crippen molar-refractivity contribution in [3.05, 3.63) is 35.9 Å². The smallest absolute Gasteiger partial charge is 0.294 e. The first-order valence-corrected chi connectivity index (χ1v) is 8.41. The van der Waals surface area contributed by atoms with Gasteiger partial charge >= 0.3 is 0 Å². The molecule has 0 saturated heterocycles. The van der Waals surface area contributed by atoms with Gasteiger partial charge in [-0.3, -0.25) is 9.11 Å². The van der Waals surface area contributed by atoms with E-state index in [9.17, 15) is 16.8 Å². The Labute approximate surface area is 130 Å². The Bertz CT molecular complexity index is 807. The van der Waals surface area contributed by atoms with Crippen LogP contribution in [0.1, 0.15) is 0 Å². The molecular formula is C9H9ClN4O6S2. The van der Waals surface area contributed by atoms with Gasteiger partial charge < -0.3 is 5.73 Å². The second kappa shape index (κ2) is 6.93. The molecular weight excluding hydrogens is 360 g/mol. The summed E-state index contributed by atoms with van der Waals surface area (Å²) in [5.41, 5.74) is 5.11. The summed E-state index contributed by atoms with van der Waals surface area (Å²) in [4.78, 5) is 9.33. The summed E-state index contributed by atoms with van der Waals surface area (Å²) >= 11 is 5.30. The van der Waals surface area contributed by atoms with Gasteiger partial charge in [-0.2, -0.15) is 21.8 Å². The van der Waals surface area contributed by atoms with Crippen LogP contribution in [0.15, 0.2) is 40.4 Å². The Morgan fingerprint density at radius 1 is 1.00 bits per heavy atom. The van der Waals surface area contributed by atoms with Crippen molar-refractivity contribution < 1.29 is 25.9 Å². The van der Waals surface area contributed by atoms with E-state index in [0.717, 1.165) is 18.2 Å². The zero-order chi connectivity index (χ0) is 17.0. The highest BCUT2D eigenvalue weighted by molar-refractivity contribution is 7.86. The minimum Gasteiger partial charge on any atom is -0.368 e. The number of hydrogen-bond acceptors (Lipinski definition) is 8. The van der Waals surface area contributed by atoms with Crippen LogP contribution in [0.4, 0.5) is 5.95 Å². The van der Waals surface area contributed by atoms with Crippen molar-refractivity contribution in [3.63, 3.8) is 0 Å². The van der Waals surface area contributed by atoms with Crippen molar-refractivity contribution in [3.8, 4) is 0 Å². The Kier molecular flexibility index (Phi) is 5.73. The van der Waals surface area contributed by atoms with Crippen molar-refractivity contribution in [1.29, 1.82) is 0 Å². The van der Waals surface area contributed by atoms with Crippen LogP contribution < -0.4 is 5.73 Å². The largest absolute Gasteiger partial charge is 0.368 e. The maximum atomic E-state index is 10.6. The summed E-state index contributed by atoms with van der Waals surface area (Å²) in [5.74, 6) is 0.144. The van der Waals surface area contributed by atoms with Crippen molar-refractivity contribution in [2.75, 3.05) is 5.73 Å². The third kappa shape index (κ3) is 5.87. The summed E-state index contributed by atoms with van der Waals surface area (Å²) in [6, 6.07) is 3.75. The molecule has 0 radical (unpaired) electrons. The summed E-state index contributed by atoms with van der Waals surface area (Å²) in [5, 5.41) is 0.123. The third-order valence-corrected chi connectivity index (χ3v) is 3.84. The van der Waals surface area contributed by atoms with Gasteiger partial charge in [-0.05, 0) is 29.8 Å². The van der Waals surface area contributed by atoms with Gasteiger partial charge in [-0.25, -0.2) is 9.97 Å². The maximum Gasteiger partial charge on any atom is 0.294 e. The fourth-order valence-corrected chi connectivity index (χ4v) is 2.34. The average molecular weight is 369 g/mol. The fraction of sp³-hybridized carbons (Fsp3) is 0. The van der Waals surface area contributed by atoms with E-state index >= 15 is 0 Å². The Hall–Kier alpha value is -1.86. The average Bonchev–Trinajstić information content (AvgIpc) is 2.37. The Morgan fingerprint density at radius 3 is 1.82 bits per heavy atom. The SMILES string of the molecule is Nc1ncnc(Cl)n1.O=S(=O)(O)c1cccc(S(=O)(=O)O)c1. The topological polar surface area (TPSA) is 173 Å². The summed E-state index contributed by atoms with van der Waals surface area (Å²) in [6.45, 7) is 0. The number of nitrogens with zero attached hydrogens (tertiary/aromatic N) is 3. The molecule has 1 aromatic heterocycles. The van der Waals surface area contributed by atoms with Gasteiger partial charge in [0.25, 0.3) is 20.2 Å². The van der Waals surface area contributed by atoms with E-state index in [1.54, 1.807) is 0 Å². The molecule has 0 fully saturated rings. The highest BCUT2D eigenvalue weighted by Gasteiger charge is 2.15. The van der Waals surface area contributed by atoms with Crippen molar-refractivity contribution in [1.82, 2.24) is 15.0 Å². The van der Waals surface area contributed by atoms with Crippen LogP contribution in [-0.4, -0.2) is 40.9 Å². The van der Waals surface area contributed by atoms with Crippen LogP contribution in [0.2, 0.25) is 5.28 Å². The van der Waals surface area contributed by atoms with Gasteiger partial charge in [0, 0.05) is 0 Å². The molecule has 0 amide bonds. The van der Waals surface area contributed by atoms with E-state index in [1.165, 1.54) is 6.33 Å². The normalized spacial score (nSPS) is 11.4. The van der Waals surface area contributed by atoms with E-state index in [2.05, 4.69) is 15.0 Å². The Balaban J connectivity index is 0.000000255. The molecule has 0 aliphatic carbocycles. The van der Waals surface area contributed by atoms with Crippen LogP contribution in [0.3, 0.4) is 0 Å². The predicted molar refractivity (Wildman–Crippen MR) is 75.3 cm³/mol. The van der Waals surface area contributed by atoms with Gasteiger partial charge in [0.15, 0.2) is 0 Å². The zero-order valence-electron chi connectivity index (χ0n) is 10.5. The number of nitrogen functional groups attached to an aromatic ring is 1. The Morgan fingerprint density at radius 2 is 1.50 bits per heavy atom. The van der Waals surface area contributed by atoms with Crippen molar-refractivity contribution in [2.24, 2.45) is 0 Å². The molecule has 13 heteroatoms. The molecule has 0 bridgehead atoms. The van der Waals surface area contributed by atoms with Crippen molar-refractivity contribution >= 4 is 37.8 Å². The van der Waals surface area contributed by atoms with Crippen LogP contribution in [0, 0.1) is 0 Å². The number of benzene rings is 1. The molecule has 2 aromatic rings. The summed E-state index contributed by atoms with van der Waals surface area (Å²) in [7, 11) is -8.92. The lowest BCUT2D eigenvalue weighted by molar-refractivity contribution is 0.481. The molecule has 0 unspecified atom stereocenters. The third-order valence-electron chi connectivity index (χ3n) is 1.96. The molecule has 22 heavy (non-hydrogen) atoms. The lowest BCUT2D eigenvalue weighted by Crippen LogP contribution is -2.02. The van der Waals surface area contributed by atoms with E-state index in [0.29, 0.717) is 6.07 Å². The lowest BCUT2D eigenvalue weighted by Gasteiger charge is -1.99. The standard InChI is InChI=1S/C6H6O6S2.C3H3ClN4/c7-13(8,9)5-2-1-3-6(4-5)14(10,11)12;4-2-6-1-7-3(5)8-2/h1-4H,(H,7,8,9)(H,10,11,12);1H,(H2,5,6,7,8). The first-order chi connectivity index (χ1) is 10.00. The summed E-state index contributed by atoms with van der Waals surface area (Å²) < 4.78 is 59.5. The van der Waals surface area contributed by atoms with Crippen LogP contribution in [0.25, 0.3) is 0 Å². The molecule has 1 aromatic carbocycles. The number of nitrogens with two attached hydrogens (primary N) is 1. The van der Waals surface area contributed by atoms with Gasteiger partial charge in [0.1, 0.15) is 6.33 Å². The quantitative estimate of drug-likeness (QED) is 0.624.